The summed E-state index contributed by atoms with van der Waals surface area (Å²) in [7, 11) is 0. The van der Waals surface area contributed by atoms with Crippen molar-refractivity contribution >= 4 is 5.91 Å². The Kier molecular flexibility index (Phi) is 8.39. The van der Waals surface area contributed by atoms with Crippen LogP contribution in [-0.2, 0) is 17.5 Å². The molecule has 2 aromatic heterocycles. The summed E-state index contributed by atoms with van der Waals surface area (Å²) in [4.78, 5) is 29.5. The Balaban J connectivity index is 1.14. The van der Waals surface area contributed by atoms with Crippen LogP contribution in [-0.4, -0.2) is 33.4 Å². The molecule has 1 saturated heterocycles. The smallest absolute Gasteiger partial charge is 0.345 e. The molecule has 0 spiro atoms. The third-order valence-corrected chi connectivity index (χ3v) is 7.48. The largest absolute Gasteiger partial charge is 0.416 e. The predicted octanol–water partition coefficient (Wildman–Crippen LogP) is 5.83. The number of benzene rings is 2. The first-order valence-electron chi connectivity index (χ1n) is 13.4. The van der Waals surface area contributed by atoms with Crippen molar-refractivity contribution in [1.29, 1.82) is 0 Å². The molecule has 0 bridgehead atoms. The van der Waals surface area contributed by atoms with Gasteiger partial charge in [0.2, 0.25) is 11.5 Å². The molecule has 5 rings (SSSR count). The van der Waals surface area contributed by atoms with Gasteiger partial charge in [0, 0.05) is 43.3 Å². The lowest BCUT2D eigenvalue weighted by Gasteiger charge is -2.31. The van der Waals surface area contributed by atoms with Crippen molar-refractivity contribution in [3.05, 3.63) is 124 Å². The summed E-state index contributed by atoms with van der Waals surface area (Å²) in [6.07, 6.45) is 3.03. The number of nitrogens with one attached hydrogen (secondary N) is 2. The summed E-state index contributed by atoms with van der Waals surface area (Å²) in [5.41, 5.74) is 2.21. The van der Waals surface area contributed by atoms with Gasteiger partial charge in [-0.3, -0.25) is 14.5 Å². The van der Waals surface area contributed by atoms with E-state index in [2.05, 4.69) is 15.2 Å². The van der Waals surface area contributed by atoms with Gasteiger partial charge in [0.25, 0.3) is 0 Å². The molecule has 1 amide bonds. The number of likely N-dealkylation sites (tertiary alicyclic amines) is 1. The third kappa shape index (κ3) is 7.32. The van der Waals surface area contributed by atoms with Crippen molar-refractivity contribution in [2.45, 2.75) is 38.0 Å². The fraction of sp³-hybridized carbons (Fsp3) is 0.290. The number of alkyl halides is 3. The van der Waals surface area contributed by atoms with Crippen LogP contribution < -0.4 is 10.9 Å². The van der Waals surface area contributed by atoms with Gasteiger partial charge in [-0.1, -0.05) is 12.1 Å². The number of hydrogen-bond acceptors (Lipinski definition) is 3. The molecule has 1 aliphatic heterocycles. The molecule has 1 aliphatic rings. The lowest BCUT2D eigenvalue weighted by Crippen LogP contribution is -2.36. The van der Waals surface area contributed by atoms with Gasteiger partial charge in [-0.25, -0.2) is 4.39 Å². The molecule has 2 N–H and O–H groups in total. The molecule has 10 heteroatoms. The van der Waals surface area contributed by atoms with E-state index in [4.69, 9.17) is 0 Å². The Morgan fingerprint density at radius 3 is 2.27 bits per heavy atom. The fourth-order valence-corrected chi connectivity index (χ4v) is 5.22. The van der Waals surface area contributed by atoms with Crippen molar-refractivity contribution in [2.24, 2.45) is 5.92 Å². The van der Waals surface area contributed by atoms with E-state index in [9.17, 15) is 27.2 Å². The van der Waals surface area contributed by atoms with Crippen LogP contribution in [0.5, 0.6) is 0 Å². The second-order valence-corrected chi connectivity index (χ2v) is 10.4. The highest BCUT2D eigenvalue weighted by atomic mass is 19.4. The normalized spacial score (nSPS) is 15.5. The average molecular weight is 567 g/mol. The summed E-state index contributed by atoms with van der Waals surface area (Å²) in [5, 5.41) is 3.05. The lowest BCUT2D eigenvalue weighted by atomic mass is 9.92. The van der Waals surface area contributed by atoms with E-state index in [1.54, 1.807) is 24.4 Å². The van der Waals surface area contributed by atoms with E-state index in [0.717, 1.165) is 43.6 Å². The highest BCUT2D eigenvalue weighted by Gasteiger charge is 2.30. The molecule has 1 fully saturated rings. The van der Waals surface area contributed by atoms with Crippen molar-refractivity contribution < 1.29 is 22.4 Å². The first kappa shape index (κ1) is 28.4. The number of halogens is 4. The van der Waals surface area contributed by atoms with Crippen molar-refractivity contribution in [3.8, 4) is 5.69 Å². The molecule has 1 unspecified atom stereocenters. The Morgan fingerprint density at radius 1 is 0.951 bits per heavy atom. The van der Waals surface area contributed by atoms with Crippen molar-refractivity contribution in [1.82, 2.24) is 19.8 Å². The number of hydrogen-bond donors (Lipinski definition) is 2. The third-order valence-electron chi connectivity index (χ3n) is 7.48. The maximum absolute atomic E-state index is 13.5. The van der Waals surface area contributed by atoms with Gasteiger partial charge in [0.1, 0.15) is 5.82 Å². The van der Waals surface area contributed by atoms with Crippen LogP contribution in [0.25, 0.3) is 5.69 Å². The average Bonchev–Trinajstić information content (AvgIpc) is 3.42. The van der Waals surface area contributed by atoms with Crippen LogP contribution >= 0.6 is 0 Å². The number of pyridine rings is 1. The molecule has 0 saturated carbocycles. The first-order valence-corrected chi connectivity index (χ1v) is 13.4. The summed E-state index contributed by atoms with van der Waals surface area (Å²) >= 11 is 0. The summed E-state index contributed by atoms with van der Waals surface area (Å²) in [6.45, 7) is 2.36. The zero-order valence-electron chi connectivity index (χ0n) is 22.2. The number of rotatable bonds is 8. The quantitative estimate of drug-likeness (QED) is 0.264. The molecule has 6 nitrogen and oxygen atoms in total. The standard InChI is InChI=1S/C31H30F4N4O2/c32-26-6-1-23(2-7-26)30(24-3-10-28(40)36-18-24)37-29(41)17-21-11-14-38(15-12-21)19-22-13-16-39(20-22)27-8-4-25(5-9-27)31(33,34)35/h1-10,13,16,18,20-21,30H,11-12,14-15,17,19H2,(H,36,40)(H,37,41). The number of H-pyrrole nitrogens is 1. The molecule has 41 heavy (non-hydrogen) atoms. The Hall–Kier alpha value is -4.18. The molecule has 0 radical (unpaired) electrons. The lowest BCUT2D eigenvalue weighted by molar-refractivity contribution is -0.137. The molecular formula is C31H30F4N4O2. The molecular weight excluding hydrogens is 536 g/mol. The molecule has 2 aromatic carbocycles. The number of aromatic amines is 1. The highest BCUT2D eigenvalue weighted by molar-refractivity contribution is 5.77. The molecule has 214 valence electrons. The second kappa shape index (κ2) is 12.1. The monoisotopic (exact) mass is 566 g/mol. The zero-order valence-corrected chi connectivity index (χ0v) is 22.2. The van der Waals surface area contributed by atoms with Crippen LogP contribution in [0.2, 0.25) is 0 Å². The minimum Gasteiger partial charge on any atom is -0.345 e. The van der Waals surface area contributed by atoms with E-state index < -0.39 is 17.8 Å². The summed E-state index contributed by atoms with van der Waals surface area (Å²) in [6, 6.07) is 15.5. The van der Waals surface area contributed by atoms with Gasteiger partial charge in [-0.05, 0) is 97.1 Å². The van der Waals surface area contributed by atoms with Gasteiger partial charge >= 0.3 is 6.18 Å². The van der Waals surface area contributed by atoms with Gasteiger partial charge in [-0.2, -0.15) is 13.2 Å². The number of piperidine rings is 1. The molecule has 3 heterocycles. The fourth-order valence-electron chi connectivity index (χ4n) is 5.22. The number of carbonyl (C=O) groups excluding carboxylic acids is 1. The second-order valence-electron chi connectivity index (χ2n) is 10.4. The van der Waals surface area contributed by atoms with E-state index in [-0.39, 0.29) is 23.2 Å². The zero-order chi connectivity index (χ0) is 29.0. The number of carbonyl (C=O) groups is 1. The van der Waals surface area contributed by atoms with E-state index >= 15 is 0 Å². The first-order chi connectivity index (χ1) is 19.6. The summed E-state index contributed by atoms with van der Waals surface area (Å²) < 4.78 is 53.9. The number of nitrogens with zero attached hydrogens (tertiary/aromatic N) is 2. The maximum atomic E-state index is 13.5. The van der Waals surface area contributed by atoms with Crippen LogP contribution in [0.1, 0.15) is 47.6 Å². The van der Waals surface area contributed by atoms with E-state index in [1.165, 1.54) is 30.3 Å². The van der Waals surface area contributed by atoms with Crippen LogP contribution in [0, 0.1) is 11.7 Å². The SMILES string of the molecule is O=C(CC1CCN(Cc2ccn(-c3ccc(C(F)(F)F)cc3)c2)CC1)NC(c1ccc(F)cc1)c1ccc(=O)[nH]c1. The van der Waals surface area contributed by atoms with Crippen LogP contribution in [0.15, 0.2) is 90.1 Å². The predicted molar refractivity (Wildman–Crippen MR) is 147 cm³/mol. The molecule has 0 aliphatic carbocycles. The Labute approximate surface area is 234 Å². The van der Waals surface area contributed by atoms with Crippen molar-refractivity contribution in [2.75, 3.05) is 13.1 Å². The van der Waals surface area contributed by atoms with E-state index in [0.29, 0.717) is 29.8 Å². The van der Waals surface area contributed by atoms with Crippen molar-refractivity contribution in [3.63, 3.8) is 0 Å². The van der Waals surface area contributed by atoms with Gasteiger partial charge in [0.15, 0.2) is 0 Å². The number of amides is 1. The minimum atomic E-state index is -4.36. The summed E-state index contributed by atoms with van der Waals surface area (Å²) in [5.74, 6) is -0.270. The van der Waals surface area contributed by atoms with Crippen LogP contribution in [0.4, 0.5) is 17.6 Å². The minimum absolute atomic E-state index is 0.113. The molecule has 4 aromatic rings. The van der Waals surface area contributed by atoms with Crippen LogP contribution in [0.3, 0.4) is 0 Å². The van der Waals surface area contributed by atoms with Gasteiger partial charge < -0.3 is 14.9 Å². The Morgan fingerprint density at radius 2 is 1.63 bits per heavy atom. The Bertz CT molecular complexity index is 1500. The highest BCUT2D eigenvalue weighted by Crippen LogP contribution is 2.30. The van der Waals surface area contributed by atoms with Gasteiger partial charge in [0.05, 0.1) is 11.6 Å². The maximum Gasteiger partial charge on any atom is 0.416 e. The molecule has 1 atom stereocenters. The number of aromatic nitrogens is 2. The van der Waals surface area contributed by atoms with E-state index in [1.807, 2.05) is 23.0 Å². The van der Waals surface area contributed by atoms with Gasteiger partial charge in [-0.15, -0.1) is 0 Å². The topological polar surface area (TPSA) is 70.1 Å².